The van der Waals surface area contributed by atoms with Crippen LogP contribution in [0, 0.1) is 5.92 Å². The van der Waals surface area contributed by atoms with Gasteiger partial charge in [0, 0.05) is 18.1 Å². The molecule has 0 aromatic carbocycles. The van der Waals surface area contributed by atoms with Crippen LogP contribution in [0.5, 0.6) is 0 Å². The molecule has 0 aromatic rings. The molecule has 27 heavy (non-hydrogen) atoms. The molecule has 0 aliphatic heterocycles. The van der Waals surface area contributed by atoms with Crippen LogP contribution in [-0.2, 0) is 4.74 Å². The molecular formula is C21H37N3O3. The molecule has 3 rings (SSSR count). The summed E-state index contributed by atoms with van der Waals surface area (Å²) in [5.74, 6) is 0.425. The summed E-state index contributed by atoms with van der Waals surface area (Å²) in [5.41, 5.74) is 0. The molecule has 0 bridgehead atoms. The van der Waals surface area contributed by atoms with Gasteiger partial charge >= 0.3 is 12.1 Å². The highest BCUT2D eigenvalue weighted by molar-refractivity contribution is 5.74. The lowest BCUT2D eigenvalue weighted by Gasteiger charge is -2.35. The van der Waals surface area contributed by atoms with Crippen molar-refractivity contribution in [1.82, 2.24) is 16.0 Å². The van der Waals surface area contributed by atoms with Crippen LogP contribution < -0.4 is 16.0 Å². The van der Waals surface area contributed by atoms with Gasteiger partial charge in [0.05, 0.1) is 0 Å². The molecule has 0 radical (unpaired) electrons. The Labute approximate surface area is 163 Å². The van der Waals surface area contributed by atoms with Crippen molar-refractivity contribution in [2.45, 2.75) is 115 Å². The van der Waals surface area contributed by atoms with Gasteiger partial charge in [-0.3, -0.25) is 0 Å². The molecule has 3 N–H and O–H groups in total. The van der Waals surface area contributed by atoms with Crippen LogP contribution in [0.15, 0.2) is 0 Å². The maximum atomic E-state index is 12.4. The first-order chi connectivity index (χ1) is 13.1. The number of ether oxygens (including phenoxy) is 1. The van der Waals surface area contributed by atoms with Crippen LogP contribution in [-0.4, -0.2) is 36.4 Å². The van der Waals surface area contributed by atoms with E-state index in [4.69, 9.17) is 4.74 Å². The highest BCUT2D eigenvalue weighted by Gasteiger charge is 2.31. The van der Waals surface area contributed by atoms with Gasteiger partial charge in [0.15, 0.2) is 0 Å². The predicted octanol–water partition coefficient (Wildman–Crippen LogP) is 4.23. The fraction of sp³-hybridized carbons (Fsp3) is 0.905. The molecule has 3 amide bonds. The molecule has 0 aromatic heterocycles. The number of hydrogen-bond acceptors (Lipinski definition) is 3. The minimum Gasteiger partial charge on any atom is -0.446 e. The normalized spacial score (nSPS) is 30.3. The Morgan fingerprint density at radius 3 is 2.11 bits per heavy atom. The summed E-state index contributed by atoms with van der Waals surface area (Å²) in [7, 11) is 0. The molecule has 3 aliphatic rings. The van der Waals surface area contributed by atoms with Gasteiger partial charge in [-0.2, -0.15) is 0 Å². The topological polar surface area (TPSA) is 79.5 Å². The molecule has 3 atom stereocenters. The second kappa shape index (κ2) is 10.2. The maximum absolute atomic E-state index is 12.4. The quantitative estimate of drug-likeness (QED) is 0.684. The maximum Gasteiger partial charge on any atom is 0.407 e. The molecule has 3 saturated carbocycles. The summed E-state index contributed by atoms with van der Waals surface area (Å²) < 4.78 is 5.59. The molecular weight excluding hydrogens is 342 g/mol. The highest BCUT2D eigenvalue weighted by atomic mass is 16.6. The van der Waals surface area contributed by atoms with Crippen molar-refractivity contribution in [2.75, 3.05) is 0 Å². The van der Waals surface area contributed by atoms with E-state index in [1.54, 1.807) is 0 Å². The van der Waals surface area contributed by atoms with Gasteiger partial charge in [-0.05, 0) is 63.7 Å². The van der Waals surface area contributed by atoms with Gasteiger partial charge in [0.25, 0.3) is 0 Å². The standard InChI is InChI=1S/C21H37N3O3/c1-15-12-13-17(23-21(26)27-18-10-6-3-7-11-18)14-19(15)24-20(25)22-16-8-4-2-5-9-16/h15-19H,2-14H2,1H3,(H,23,26)(H2,22,24,25). The van der Waals surface area contributed by atoms with E-state index in [1.807, 2.05) is 0 Å². The second-order valence-electron chi connectivity index (χ2n) is 8.86. The number of carbonyl (C=O) groups is 2. The third-order valence-electron chi connectivity index (χ3n) is 6.60. The summed E-state index contributed by atoms with van der Waals surface area (Å²) in [6.45, 7) is 2.18. The van der Waals surface area contributed by atoms with Crippen molar-refractivity contribution in [2.24, 2.45) is 5.92 Å². The third kappa shape index (κ3) is 6.58. The van der Waals surface area contributed by atoms with E-state index in [1.165, 1.54) is 25.7 Å². The molecule has 0 heterocycles. The monoisotopic (exact) mass is 379 g/mol. The largest absolute Gasteiger partial charge is 0.446 e. The fourth-order valence-electron chi connectivity index (χ4n) is 4.83. The Morgan fingerprint density at radius 2 is 1.41 bits per heavy atom. The minimum atomic E-state index is -0.285. The number of alkyl carbamates (subject to hydrolysis) is 1. The van der Waals surface area contributed by atoms with Gasteiger partial charge in [0.2, 0.25) is 0 Å². The van der Waals surface area contributed by atoms with Crippen molar-refractivity contribution in [1.29, 1.82) is 0 Å². The molecule has 3 unspecified atom stereocenters. The lowest BCUT2D eigenvalue weighted by atomic mass is 9.83. The lowest BCUT2D eigenvalue weighted by Crippen LogP contribution is -2.53. The molecule has 6 nitrogen and oxygen atoms in total. The van der Waals surface area contributed by atoms with Crippen LogP contribution in [0.4, 0.5) is 9.59 Å². The first-order valence-electron chi connectivity index (χ1n) is 11.1. The van der Waals surface area contributed by atoms with Crippen molar-refractivity contribution < 1.29 is 14.3 Å². The average molecular weight is 380 g/mol. The minimum absolute atomic E-state index is 0.0517. The number of rotatable bonds is 4. The summed E-state index contributed by atoms with van der Waals surface area (Å²) in [4.78, 5) is 24.6. The predicted molar refractivity (Wildman–Crippen MR) is 106 cm³/mol. The third-order valence-corrected chi connectivity index (χ3v) is 6.60. The lowest BCUT2D eigenvalue weighted by molar-refractivity contribution is 0.0701. The fourth-order valence-corrected chi connectivity index (χ4v) is 4.83. The smallest absolute Gasteiger partial charge is 0.407 e. The number of hydrogen-bond donors (Lipinski definition) is 3. The van der Waals surface area contributed by atoms with Crippen molar-refractivity contribution in [3.05, 3.63) is 0 Å². The molecule has 0 spiro atoms. The van der Waals surface area contributed by atoms with Gasteiger partial charge in [0.1, 0.15) is 6.10 Å². The zero-order chi connectivity index (χ0) is 19.1. The number of amides is 3. The van der Waals surface area contributed by atoms with Crippen LogP contribution in [0.2, 0.25) is 0 Å². The SMILES string of the molecule is CC1CCC(NC(=O)OC2CCCCC2)CC1NC(=O)NC1CCCCC1. The first-order valence-corrected chi connectivity index (χ1v) is 11.1. The van der Waals surface area contributed by atoms with Crippen molar-refractivity contribution in [3.8, 4) is 0 Å². The molecule has 3 fully saturated rings. The van der Waals surface area contributed by atoms with Crippen molar-refractivity contribution in [3.63, 3.8) is 0 Å². The number of nitrogens with one attached hydrogen (secondary N) is 3. The highest BCUT2D eigenvalue weighted by Crippen LogP contribution is 2.25. The van der Waals surface area contributed by atoms with Crippen molar-refractivity contribution >= 4 is 12.1 Å². The second-order valence-corrected chi connectivity index (χ2v) is 8.86. The average Bonchev–Trinajstić information content (AvgIpc) is 2.66. The van der Waals surface area contributed by atoms with Crippen LogP contribution in [0.3, 0.4) is 0 Å². The van der Waals surface area contributed by atoms with E-state index in [2.05, 4.69) is 22.9 Å². The first kappa shape index (κ1) is 20.3. The number of carbonyl (C=O) groups excluding carboxylic acids is 2. The van der Waals surface area contributed by atoms with E-state index >= 15 is 0 Å². The Balaban J connectivity index is 1.41. The molecule has 154 valence electrons. The van der Waals surface area contributed by atoms with Crippen LogP contribution in [0.25, 0.3) is 0 Å². The molecule has 3 aliphatic carbocycles. The van der Waals surface area contributed by atoms with E-state index in [9.17, 15) is 9.59 Å². The zero-order valence-corrected chi connectivity index (χ0v) is 16.8. The van der Waals surface area contributed by atoms with Gasteiger partial charge in [-0.15, -0.1) is 0 Å². The van der Waals surface area contributed by atoms with Gasteiger partial charge < -0.3 is 20.7 Å². The Bertz CT molecular complexity index is 487. The Morgan fingerprint density at radius 1 is 0.741 bits per heavy atom. The molecule has 0 saturated heterocycles. The van der Waals surface area contributed by atoms with E-state index in [0.29, 0.717) is 12.0 Å². The van der Waals surface area contributed by atoms with E-state index < -0.39 is 0 Å². The zero-order valence-electron chi connectivity index (χ0n) is 16.8. The number of urea groups is 1. The van der Waals surface area contributed by atoms with Gasteiger partial charge in [-0.1, -0.05) is 32.6 Å². The summed E-state index contributed by atoms with van der Waals surface area (Å²) >= 11 is 0. The van der Waals surface area contributed by atoms with E-state index in [-0.39, 0.29) is 30.3 Å². The summed E-state index contributed by atoms with van der Waals surface area (Å²) in [5, 5.41) is 9.33. The Hall–Kier alpha value is -1.46. The summed E-state index contributed by atoms with van der Waals surface area (Å²) in [6.07, 6.45) is 13.9. The van der Waals surface area contributed by atoms with Crippen LogP contribution >= 0.6 is 0 Å². The van der Waals surface area contributed by atoms with E-state index in [0.717, 1.165) is 57.8 Å². The molecule has 6 heteroatoms. The van der Waals surface area contributed by atoms with Gasteiger partial charge in [-0.25, -0.2) is 9.59 Å². The Kier molecular flexibility index (Phi) is 7.65. The van der Waals surface area contributed by atoms with Crippen LogP contribution in [0.1, 0.15) is 90.4 Å². The summed E-state index contributed by atoms with van der Waals surface area (Å²) in [6, 6.07) is 0.445.